The molecule has 4 rings (SSSR count). The molecule has 24 heavy (non-hydrogen) atoms. The van der Waals surface area contributed by atoms with E-state index in [9.17, 15) is 4.79 Å². The van der Waals surface area contributed by atoms with Crippen LogP contribution in [0.3, 0.4) is 0 Å². The third-order valence-electron chi connectivity index (χ3n) is 4.70. The zero-order valence-corrected chi connectivity index (χ0v) is 13.9. The Balaban J connectivity index is 1.39. The van der Waals surface area contributed by atoms with Crippen LogP contribution < -0.4 is 10.1 Å². The Bertz CT molecular complexity index is 750. The van der Waals surface area contributed by atoms with Crippen molar-refractivity contribution in [2.45, 2.75) is 12.5 Å². The van der Waals surface area contributed by atoms with Gasteiger partial charge >= 0.3 is 0 Å². The molecule has 2 aromatic rings. The SMILES string of the molecule is O=C(NC1CN2CC[C@H]1C2)c1ccc(Oc2ccnc(Cl)c2)cc1. The lowest BCUT2D eigenvalue weighted by atomic mass is 9.99. The molecule has 0 radical (unpaired) electrons. The van der Waals surface area contributed by atoms with Crippen molar-refractivity contribution in [1.29, 1.82) is 0 Å². The molecule has 3 atom stereocenters. The van der Waals surface area contributed by atoms with Crippen LogP contribution in [0.25, 0.3) is 0 Å². The molecule has 6 heteroatoms. The molecular weight excluding hydrogens is 326 g/mol. The zero-order chi connectivity index (χ0) is 16.5. The largest absolute Gasteiger partial charge is 0.457 e. The van der Waals surface area contributed by atoms with Crippen LogP contribution in [0, 0.1) is 5.92 Å². The third-order valence-corrected chi connectivity index (χ3v) is 4.91. The predicted octanol–water partition coefficient (Wildman–Crippen LogP) is 2.96. The highest BCUT2D eigenvalue weighted by atomic mass is 35.5. The number of ether oxygens (including phenoxy) is 1. The lowest BCUT2D eigenvalue weighted by molar-refractivity contribution is 0.0924. The van der Waals surface area contributed by atoms with Gasteiger partial charge in [-0.15, -0.1) is 0 Å². The number of hydrogen-bond acceptors (Lipinski definition) is 4. The first-order chi connectivity index (χ1) is 11.7. The summed E-state index contributed by atoms with van der Waals surface area (Å²) in [6.45, 7) is 3.26. The minimum atomic E-state index is -0.0211. The predicted molar refractivity (Wildman–Crippen MR) is 91.6 cm³/mol. The van der Waals surface area contributed by atoms with Crippen LogP contribution in [0.15, 0.2) is 42.6 Å². The van der Waals surface area contributed by atoms with E-state index in [-0.39, 0.29) is 11.9 Å². The fourth-order valence-electron chi connectivity index (χ4n) is 3.46. The number of hydrogen-bond donors (Lipinski definition) is 1. The molecule has 0 spiro atoms. The van der Waals surface area contributed by atoms with Gasteiger partial charge < -0.3 is 15.0 Å². The highest BCUT2D eigenvalue weighted by molar-refractivity contribution is 6.29. The smallest absolute Gasteiger partial charge is 0.251 e. The van der Waals surface area contributed by atoms with Crippen LogP contribution in [0.1, 0.15) is 16.8 Å². The van der Waals surface area contributed by atoms with Crippen LogP contribution >= 0.6 is 11.6 Å². The van der Waals surface area contributed by atoms with Crippen LogP contribution in [0.4, 0.5) is 0 Å². The molecule has 1 N–H and O–H groups in total. The summed E-state index contributed by atoms with van der Waals surface area (Å²) in [6.07, 6.45) is 2.77. The van der Waals surface area contributed by atoms with Crippen molar-refractivity contribution in [2.75, 3.05) is 19.6 Å². The van der Waals surface area contributed by atoms with Gasteiger partial charge in [0.05, 0.1) is 0 Å². The Labute approximate surface area is 145 Å². The first kappa shape index (κ1) is 15.4. The number of carbonyl (C=O) groups is 1. The summed E-state index contributed by atoms with van der Waals surface area (Å²) in [5.41, 5.74) is 0.646. The molecule has 1 aromatic carbocycles. The second-order valence-corrected chi connectivity index (χ2v) is 6.72. The number of aromatic nitrogens is 1. The van der Waals surface area contributed by atoms with Crippen molar-refractivity contribution < 1.29 is 9.53 Å². The van der Waals surface area contributed by atoms with E-state index in [2.05, 4.69) is 15.2 Å². The Morgan fingerprint density at radius 1 is 1.21 bits per heavy atom. The monoisotopic (exact) mass is 343 g/mol. The summed E-state index contributed by atoms with van der Waals surface area (Å²) in [5, 5.41) is 3.54. The number of pyridine rings is 1. The van der Waals surface area contributed by atoms with Crippen LogP contribution in [-0.4, -0.2) is 41.5 Å². The van der Waals surface area contributed by atoms with Crippen LogP contribution in [0.5, 0.6) is 11.5 Å². The maximum absolute atomic E-state index is 12.4. The van der Waals surface area contributed by atoms with Crippen molar-refractivity contribution in [3.63, 3.8) is 0 Å². The lowest BCUT2D eigenvalue weighted by Crippen LogP contribution is -2.43. The van der Waals surface area contributed by atoms with Crippen LogP contribution in [-0.2, 0) is 0 Å². The number of rotatable bonds is 4. The van der Waals surface area contributed by atoms with E-state index in [1.165, 1.54) is 13.0 Å². The molecule has 3 heterocycles. The quantitative estimate of drug-likeness (QED) is 0.867. The van der Waals surface area contributed by atoms with E-state index in [1.54, 1.807) is 42.6 Å². The summed E-state index contributed by atoms with van der Waals surface area (Å²) >= 11 is 5.84. The molecule has 2 aliphatic heterocycles. The van der Waals surface area contributed by atoms with Crippen LogP contribution in [0.2, 0.25) is 5.15 Å². The van der Waals surface area contributed by atoms with Crippen molar-refractivity contribution >= 4 is 17.5 Å². The normalized spacial score (nSPS) is 24.8. The number of benzene rings is 1. The molecule has 0 aliphatic carbocycles. The number of halogens is 1. The number of piperidine rings is 1. The van der Waals surface area contributed by atoms with Crippen molar-refractivity contribution in [1.82, 2.24) is 15.2 Å². The maximum Gasteiger partial charge on any atom is 0.251 e. The van der Waals surface area contributed by atoms with E-state index < -0.39 is 0 Å². The first-order valence-corrected chi connectivity index (χ1v) is 8.48. The molecule has 2 saturated heterocycles. The topological polar surface area (TPSA) is 54.5 Å². The summed E-state index contributed by atoms with van der Waals surface area (Å²) < 4.78 is 5.70. The van der Waals surface area contributed by atoms with Gasteiger partial charge in [-0.05, 0) is 49.2 Å². The fraction of sp³-hybridized carbons (Fsp3) is 0.333. The van der Waals surface area contributed by atoms with Gasteiger partial charge in [-0.1, -0.05) is 11.6 Å². The van der Waals surface area contributed by atoms with Gasteiger partial charge in [-0.25, -0.2) is 4.98 Å². The summed E-state index contributed by atoms with van der Waals surface area (Å²) in [7, 11) is 0. The Hall–Kier alpha value is -2.11. The van der Waals surface area contributed by atoms with Gasteiger partial charge in [0, 0.05) is 37.0 Å². The second-order valence-electron chi connectivity index (χ2n) is 6.33. The average molecular weight is 344 g/mol. The van der Waals surface area contributed by atoms with E-state index in [0.717, 1.165) is 13.1 Å². The van der Waals surface area contributed by atoms with Gasteiger partial charge in [0.2, 0.25) is 0 Å². The number of nitrogens with one attached hydrogen (secondary N) is 1. The molecule has 2 aliphatic rings. The third kappa shape index (κ3) is 3.23. The van der Waals surface area contributed by atoms with Gasteiger partial charge in [-0.3, -0.25) is 4.79 Å². The Kier molecular flexibility index (Phi) is 4.12. The Morgan fingerprint density at radius 3 is 2.71 bits per heavy atom. The molecule has 0 saturated carbocycles. The molecule has 2 fully saturated rings. The molecule has 5 nitrogen and oxygen atoms in total. The number of nitrogens with zero attached hydrogens (tertiary/aromatic N) is 2. The zero-order valence-electron chi connectivity index (χ0n) is 13.1. The average Bonchev–Trinajstić information content (AvgIpc) is 3.18. The molecule has 2 bridgehead atoms. The minimum absolute atomic E-state index is 0.0211. The maximum atomic E-state index is 12.4. The standard InChI is InChI=1S/C18H18ClN3O2/c19-17-9-15(5-7-20-17)24-14-3-1-12(2-4-14)18(23)21-16-11-22-8-6-13(16)10-22/h1-5,7,9,13,16H,6,8,10-11H2,(H,21,23)/t13-,16?/m0/s1. The van der Waals surface area contributed by atoms with E-state index in [4.69, 9.17) is 16.3 Å². The number of carbonyl (C=O) groups excluding carboxylic acids is 1. The van der Waals surface area contributed by atoms with Gasteiger partial charge in [0.15, 0.2) is 0 Å². The highest BCUT2D eigenvalue weighted by Gasteiger charge is 2.38. The van der Waals surface area contributed by atoms with E-state index in [0.29, 0.717) is 28.1 Å². The second kappa shape index (κ2) is 6.42. The molecule has 1 amide bonds. The van der Waals surface area contributed by atoms with Crippen molar-refractivity contribution in [2.24, 2.45) is 5.92 Å². The summed E-state index contributed by atoms with van der Waals surface area (Å²) in [4.78, 5) is 18.7. The van der Waals surface area contributed by atoms with Gasteiger partial charge in [0.25, 0.3) is 5.91 Å². The summed E-state index contributed by atoms with van der Waals surface area (Å²) in [5.74, 6) is 1.85. The number of amides is 1. The van der Waals surface area contributed by atoms with Gasteiger partial charge in [0.1, 0.15) is 16.7 Å². The van der Waals surface area contributed by atoms with Gasteiger partial charge in [-0.2, -0.15) is 0 Å². The lowest BCUT2D eigenvalue weighted by Gasteiger charge is -2.23. The first-order valence-electron chi connectivity index (χ1n) is 8.10. The van der Waals surface area contributed by atoms with Crippen molar-refractivity contribution in [3.8, 4) is 11.5 Å². The Morgan fingerprint density at radius 2 is 2.04 bits per heavy atom. The minimum Gasteiger partial charge on any atom is -0.457 e. The van der Waals surface area contributed by atoms with E-state index >= 15 is 0 Å². The molecule has 124 valence electrons. The molecule has 2 unspecified atom stereocenters. The highest BCUT2D eigenvalue weighted by Crippen LogP contribution is 2.28. The fourth-order valence-corrected chi connectivity index (χ4v) is 3.62. The molecular formula is C18H18ClN3O2. The molecule has 1 aromatic heterocycles. The summed E-state index contributed by atoms with van der Waals surface area (Å²) in [6, 6.07) is 10.8. The number of fused-ring (bicyclic) bond motifs is 2. The van der Waals surface area contributed by atoms with E-state index in [1.807, 2.05) is 0 Å². The van der Waals surface area contributed by atoms with Crippen molar-refractivity contribution in [3.05, 3.63) is 53.3 Å².